The van der Waals surface area contributed by atoms with E-state index in [1.54, 1.807) is 24.0 Å². The van der Waals surface area contributed by atoms with E-state index in [2.05, 4.69) is 15.7 Å². The number of aromatic nitrogens is 2. The number of amides is 2. The number of nitrogens with zero attached hydrogens (tertiary/aromatic N) is 2. The van der Waals surface area contributed by atoms with E-state index in [0.717, 1.165) is 5.56 Å². The Morgan fingerprint density at radius 3 is 2.57 bits per heavy atom. The summed E-state index contributed by atoms with van der Waals surface area (Å²) in [6.45, 7) is 0.310. The lowest BCUT2D eigenvalue weighted by Gasteiger charge is -2.05. The second kappa shape index (κ2) is 7.23. The molecule has 0 saturated carbocycles. The zero-order chi connectivity index (χ0) is 15.1. The number of nitrogens with one attached hydrogen (secondary N) is 2. The van der Waals surface area contributed by atoms with Crippen LogP contribution in [0.15, 0.2) is 42.6 Å². The molecule has 0 aliphatic heterocycles. The van der Waals surface area contributed by atoms with E-state index in [1.807, 2.05) is 30.3 Å². The molecule has 0 bridgehead atoms. The number of benzene rings is 1. The molecule has 2 rings (SSSR count). The van der Waals surface area contributed by atoms with Crippen molar-refractivity contribution in [2.75, 3.05) is 11.9 Å². The smallest absolute Gasteiger partial charge is 0.227 e. The molecule has 1 aromatic heterocycles. The minimum atomic E-state index is -0.172. The number of carbonyl (C=O) groups excluding carboxylic acids is 2. The second-order valence-corrected chi connectivity index (χ2v) is 4.69. The van der Waals surface area contributed by atoms with Crippen LogP contribution in [0.5, 0.6) is 0 Å². The molecular formula is C15H18N4O2. The maximum absolute atomic E-state index is 11.7. The predicted octanol–water partition coefficient (Wildman–Crippen LogP) is 1.11. The van der Waals surface area contributed by atoms with Gasteiger partial charge in [0.25, 0.3) is 0 Å². The first-order valence-corrected chi connectivity index (χ1v) is 6.73. The van der Waals surface area contributed by atoms with Gasteiger partial charge >= 0.3 is 0 Å². The number of hydrogen-bond acceptors (Lipinski definition) is 3. The maximum atomic E-state index is 11.7. The highest BCUT2D eigenvalue weighted by Gasteiger charge is 2.06. The van der Waals surface area contributed by atoms with Crippen LogP contribution in [0.1, 0.15) is 12.0 Å². The van der Waals surface area contributed by atoms with Crippen LogP contribution in [0.25, 0.3) is 0 Å². The van der Waals surface area contributed by atoms with Crippen molar-refractivity contribution in [1.82, 2.24) is 15.1 Å². The largest absolute Gasteiger partial charge is 0.355 e. The van der Waals surface area contributed by atoms with Crippen molar-refractivity contribution in [3.8, 4) is 0 Å². The van der Waals surface area contributed by atoms with Gasteiger partial charge in [-0.15, -0.1) is 0 Å². The van der Waals surface area contributed by atoms with Gasteiger partial charge in [0.15, 0.2) is 5.82 Å². The summed E-state index contributed by atoms with van der Waals surface area (Å²) >= 11 is 0. The van der Waals surface area contributed by atoms with Crippen molar-refractivity contribution >= 4 is 17.6 Å². The monoisotopic (exact) mass is 286 g/mol. The highest BCUT2D eigenvalue weighted by atomic mass is 16.2. The fourth-order valence-electron chi connectivity index (χ4n) is 1.85. The van der Waals surface area contributed by atoms with Gasteiger partial charge in [0.1, 0.15) is 0 Å². The third kappa shape index (κ3) is 5.10. The van der Waals surface area contributed by atoms with Gasteiger partial charge in [-0.25, -0.2) is 0 Å². The van der Waals surface area contributed by atoms with Crippen LogP contribution in [-0.2, 0) is 23.1 Å². The Labute approximate surface area is 123 Å². The Morgan fingerprint density at radius 2 is 1.90 bits per heavy atom. The van der Waals surface area contributed by atoms with Gasteiger partial charge in [-0.1, -0.05) is 30.3 Å². The standard InChI is InChI=1S/C15H18N4O2/c1-19-10-8-13(18-19)17-14(20)7-9-16-15(21)11-12-5-3-2-4-6-12/h2-6,8,10H,7,9,11H2,1H3,(H,16,21)(H,17,18,20). The van der Waals surface area contributed by atoms with Crippen molar-refractivity contribution < 1.29 is 9.59 Å². The average molecular weight is 286 g/mol. The van der Waals surface area contributed by atoms with Crippen LogP contribution in [0, 0.1) is 0 Å². The summed E-state index contributed by atoms with van der Waals surface area (Å²) in [5.74, 6) is 0.249. The Kier molecular flexibility index (Phi) is 5.09. The highest BCUT2D eigenvalue weighted by molar-refractivity contribution is 5.90. The van der Waals surface area contributed by atoms with E-state index in [-0.39, 0.29) is 18.2 Å². The molecule has 0 aliphatic carbocycles. The first-order chi connectivity index (χ1) is 10.1. The van der Waals surface area contributed by atoms with Crippen molar-refractivity contribution in [3.63, 3.8) is 0 Å². The molecule has 6 heteroatoms. The first-order valence-electron chi connectivity index (χ1n) is 6.73. The Bertz CT molecular complexity index is 607. The number of carbonyl (C=O) groups is 2. The minimum absolute atomic E-state index is 0.0909. The Hall–Kier alpha value is -2.63. The van der Waals surface area contributed by atoms with Gasteiger partial charge in [-0.05, 0) is 5.56 Å². The lowest BCUT2D eigenvalue weighted by molar-refractivity contribution is -0.120. The highest BCUT2D eigenvalue weighted by Crippen LogP contribution is 2.01. The molecular weight excluding hydrogens is 268 g/mol. The summed E-state index contributed by atoms with van der Waals surface area (Å²) in [5, 5.41) is 9.44. The van der Waals surface area contributed by atoms with E-state index in [9.17, 15) is 9.59 Å². The van der Waals surface area contributed by atoms with Gasteiger partial charge < -0.3 is 10.6 Å². The van der Waals surface area contributed by atoms with Crippen LogP contribution < -0.4 is 10.6 Å². The number of rotatable bonds is 6. The summed E-state index contributed by atoms with van der Waals surface area (Å²) in [6, 6.07) is 11.2. The molecule has 0 saturated heterocycles. The van der Waals surface area contributed by atoms with Crippen molar-refractivity contribution in [1.29, 1.82) is 0 Å². The second-order valence-electron chi connectivity index (χ2n) is 4.69. The molecule has 110 valence electrons. The number of anilines is 1. The fourth-order valence-corrected chi connectivity index (χ4v) is 1.85. The topological polar surface area (TPSA) is 76.0 Å². The third-order valence-electron chi connectivity index (χ3n) is 2.86. The zero-order valence-corrected chi connectivity index (χ0v) is 11.9. The van der Waals surface area contributed by atoms with Gasteiger partial charge in [0.2, 0.25) is 11.8 Å². The summed E-state index contributed by atoms with van der Waals surface area (Å²) in [5.41, 5.74) is 0.952. The summed E-state index contributed by atoms with van der Waals surface area (Å²) < 4.78 is 1.61. The van der Waals surface area contributed by atoms with Crippen LogP contribution in [0.2, 0.25) is 0 Å². The first kappa shape index (κ1) is 14.8. The maximum Gasteiger partial charge on any atom is 0.227 e. The summed E-state index contributed by atoms with van der Waals surface area (Å²) in [7, 11) is 1.78. The van der Waals surface area contributed by atoms with Crippen LogP contribution in [0.4, 0.5) is 5.82 Å². The molecule has 0 unspecified atom stereocenters. The van der Waals surface area contributed by atoms with E-state index in [1.165, 1.54) is 0 Å². The summed E-state index contributed by atoms with van der Waals surface area (Å²) in [6.07, 6.45) is 2.29. The van der Waals surface area contributed by atoms with Crippen molar-refractivity contribution in [2.24, 2.45) is 7.05 Å². The molecule has 21 heavy (non-hydrogen) atoms. The molecule has 0 atom stereocenters. The predicted molar refractivity (Wildman–Crippen MR) is 79.6 cm³/mol. The molecule has 0 radical (unpaired) electrons. The fraction of sp³-hybridized carbons (Fsp3) is 0.267. The Balaban J connectivity index is 1.67. The average Bonchev–Trinajstić information content (AvgIpc) is 2.85. The van der Waals surface area contributed by atoms with E-state index in [4.69, 9.17) is 0 Å². The molecule has 1 aromatic carbocycles. The van der Waals surface area contributed by atoms with Crippen LogP contribution in [-0.4, -0.2) is 28.1 Å². The quantitative estimate of drug-likeness (QED) is 0.835. The minimum Gasteiger partial charge on any atom is -0.355 e. The van der Waals surface area contributed by atoms with Gasteiger partial charge in [-0.3, -0.25) is 14.3 Å². The molecule has 0 spiro atoms. The van der Waals surface area contributed by atoms with Gasteiger partial charge in [0.05, 0.1) is 6.42 Å². The van der Waals surface area contributed by atoms with Crippen LogP contribution in [0.3, 0.4) is 0 Å². The molecule has 0 fully saturated rings. The molecule has 6 nitrogen and oxygen atoms in total. The lowest BCUT2D eigenvalue weighted by atomic mass is 10.1. The molecule has 2 N–H and O–H groups in total. The zero-order valence-electron chi connectivity index (χ0n) is 11.9. The molecule has 2 amide bonds. The third-order valence-corrected chi connectivity index (χ3v) is 2.86. The van der Waals surface area contributed by atoms with Gasteiger partial charge in [0, 0.05) is 32.3 Å². The number of hydrogen-bond donors (Lipinski definition) is 2. The molecule has 0 aliphatic rings. The molecule has 1 heterocycles. The summed E-state index contributed by atoms with van der Waals surface area (Å²) in [4.78, 5) is 23.3. The molecule has 2 aromatic rings. The lowest BCUT2D eigenvalue weighted by Crippen LogP contribution is -2.28. The normalized spacial score (nSPS) is 10.1. The Morgan fingerprint density at radius 1 is 1.14 bits per heavy atom. The van der Waals surface area contributed by atoms with E-state index < -0.39 is 0 Å². The SMILES string of the molecule is Cn1ccc(NC(=O)CCNC(=O)Cc2ccccc2)n1. The van der Waals surface area contributed by atoms with Crippen molar-refractivity contribution in [2.45, 2.75) is 12.8 Å². The van der Waals surface area contributed by atoms with Crippen molar-refractivity contribution in [3.05, 3.63) is 48.2 Å². The van der Waals surface area contributed by atoms with E-state index >= 15 is 0 Å². The number of aryl methyl sites for hydroxylation is 1. The van der Waals surface area contributed by atoms with E-state index in [0.29, 0.717) is 18.8 Å². The van der Waals surface area contributed by atoms with Gasteiger partial charge in [-0.2, -0.15) is 5.10 Å². The van der Waals surface area contributed by atoms with Crippen LogP contribution >= 0.6 is 0 Å².